The summed E-state index contributed by atoms with van der Waals surface area (Å²) in [5.41, 5.74) is 3.65. The first-order valence-electron chi connectivity index (χ1n) is 14.4. The maximum absolute atomic E-state index is 14.0. The Balaban J connectivity index is 1.81. The maximum atomic E-state index is 14.0. The number of carbonyl (C=O) groups excluding carboxylic acids is 2. The lowest BCUT2D eigenvalue weighted by molar-refractivity contribution is -0.139. The average molecular weight is 603 g/mol. The van der Waals surface area contributed by atoms with Crippen molar-refractivity contribution in [1.29, 1.82) is 0 Å². The van der Waals surface area contributed by atoms with Gasteiger partial charge in [0, 0.05) is 12.6 Å². The molecule has 0 saturated carbocycles. The second kappa shape index (κ2) is 13.8. The normalized spacial score (nSPS) is 18.5. The number of aliphatic hydroxyl groups excluding tert-OH is 1. The number of hydrogen-bond donors (Lipinski definition) is 2. The Bertz CT molecular complexity index is 1330. The minimum absolute atomic E-state index is 0.00392. The summed E-state index contributed by atoms with van der Waals surface area (Å²) in [6.07, 6.45) is 1.32. The lowest BCUT2D eigenvalue weighted by Gasteiger charge is -2.33. The molecule has 0 radical (unpaired) electrons. The zero-order valence-electron chi connectivity index (χ0n) is 25.7. The van der Waals surface area contributed by atoms with Crippen molar-refractivity contribution in [2.75, 3.05) is 38.3 Å². The third kappa shape index (κ3) is 9.44. The highest BCUT2D eigenvalue weighted by atomic mass is 32.2. The SMILES string of the molecule is CN(CC(=O)c1ccccc1)NC(=O)[C@](C)(CCCC(C)(C)CS(=O)(=O)CCO)c1cccc([C@@H]2COC(C)(C)O2)c1. The van der Waals surface area contributed by atoms with E-state index in [0.29, 0.717) is 31.4 Å². The number of nitrogens with zero attached hydrogens (tertiary/aromatic N) is 1. The molecule has 1 aliphatic heterocycles. The molecule has 0 bridgehead atoms. The summed E-state index contributed by atoms with van der Waals surface area (Å²) in [7, 11) is -1.73. The number of nitrogens with one attached hydrogen (secondary N) is 1. The van der Waals surface area contributed by atoms with Crippen LogP contribution in [0.4, 0.5) is 0 Å². The van der Waals surface area contributed by atoms with Crippen LogP contribution in [0.1, 0.15) is 81.5 Å². The van der Waals surface area contributed by atoms with Gasteiger partial charge in [0.05, 0.1) is 36.7 Å². The fourth-order valence-corrected chi connectivity index (χ4v) is 7.15. The number of hydrogen-bond acceptors (Lipinski definition) is 8. The van der Waals surface area contributed by atoms with Crippen LogP contribution in [-0.2, 0) is 29.5 Å². The van der Waals surface area contributed by atoms with Crippen LogP contribution in [0.3, 0.4) is 0 Å². The largest absolute Gasteiger partial charge is 0.395 e. The topological polar surface area (TPSA) is 122 Å². The second-order valence-electron chi connectivity index (χ2n) is 12.7. The van der Waals surface area contributed by atoms with Gasteiger partial charge in [-0.3, -0.25) is 15.0 Å². The van der Waals surface area contributed by atoms with Gasteiger partial charge < -0.3 is 14.6 Å². The Morgan fingerprint density at radius 1 is 1.07 bits per heavy atom. The summed E-state index contributed by atoms with van der Waals surface area (Å²) in [6.45, 7) is 9.39. The first kappa shape index (κ1) is 33.9. The number of aliphatic hydroxyl groups is 1. The third-order valence-corrected chi connectivity index (χ3v) is 9.74. The zero-order chi connectivity index (χ0) is 31.2. The molecule has 1 heterocycles. The molecule has 0 aromatic heterocycles. The predicted molar refractivity (Wildman–Crippen MR) is 163 cm³/mol. The van der Waals surface area contributed by atoms with Crippen molar-refractivity contribution in [3.63, 3.8) is 0 Å². The van der Waals surface area contributed by atoms with Crippen LogP contribution >= 0.6 is 0 Å². The molecule has 1 aliphatic rings. The minimum Gasteiger partial charge on any atom is -0.395 e. The summed E-state index contributed by atoms with van der Waals surface area (Å²) in [6, 6.07) is 16.7. The van der Waals surface area contributed by atoms with Crippen LogP contribution in [-0.4, -0.2) is 74.3 Å². The average Bonchev–Trinajstić information content (AvgIpc) is 3.27. The zero-order valence-corrected chi connectivity index (χ0v) is 26.5. The summed E-state index contributed by atoms with van der Waals surface area (Å²) < 4.78 is 36.6. The molecule has 1 fully saturated rings. The highest BCUT2D eigenvalue weighted by molar-refractivity contribution is 7.91. The lowest BCUT2D eigenvalue weighted by atomic mass is 9.75. The highest BCUT2D eigenvalue weighted by Gasteiger charge is 2.39. The molecule has 2 N–H and O–H groups in total. The van der Waals surface area contributed by atoms with Gasteiger partial charge in [-0.1, -0.05) is 74.9 Å². The van der Waals surface area contributed by atoms with E-state index >= 15 is 0 Å². The number of amides is 1. The summed E-state index contributed by atoms with van der Waals surface area (Å²) in [5.74, 6) is -1.39. The molecule has 42 heavy (non-hydrogen) atoms. The number of likely N-dealkylation sites (N-methyl/N-ethyl adjacent to an activating group) is 1. The van der Waals surface area contributed by atoms with E-state index in [-0.39, 0.29) is 35.8 Å². The van der Waals surface area contributed by atoms with E-state index in [0.717, 1.165) is 11.1 Å². The summed E-state index contributed by atoms with van der Waals surface area (Å²) in [5, 5.41) is 10.6. The van der Waals surface area contributed by atoms with Crippen molar-refractivity contribution >= 4 is 21.5 Å². The quantitative estimate of drug-likeness (QED) is 0.230. The van der Waals surface area contributed by atoms with E-state index in [4.69, 9.17) is 14.6 Å². The van der Waals surface area contributed by atoms with Crippen molar-refractivity contribution in [2.24, 2.45) is 5.41 Å². The van der Waals surface area contributed by atoms with Crippen LogP contribution in [0.25, 0.3) is 0 Å². The van der Waals surface area contributed by atoms with Gasteiger partial charge in [-0.2, -0.15) is 0 Å². The molecule has 10 heteroatoms. The molecule has 0 unspecified atom stereocenters. The maximum Gasteiger partial charge on any atom is 0.244 e. The van der Waals surface area contributed by atoms with E-state index in [1.807, 2.05) is 65.0 Å². The molecular formula is C32H46N2O7S. The summed E-state index contributed by atoms with van der Waals surface area (Å²) in [4.78, 5) is 26.7. The smallest absolute Gasteiger partial charge is 0.244 e. The van der Waals surface area contributed by atoms with Gasteiger partial charge in [-0.25, -0.2) is 13.4 Å². The van der Waals surface area contributed by atoms with Crippen molar-refractivity contribution in [1.82, 2.24) is 10.4 Å². The van der Waals surface area contributed by atoms with Gasteiger partial charge in [0.2, 0.25) is 5.91 Å². The second-order valence-corrected chi connectivity index (χ2v) is 14.9. The van der Waals surface area contributed by atoms with Crippen molar-refractivity contribution in [3.05, 3.63) is 71.3 Å². The van der Waals surface area contributed by atoms with E-state index in [9.17, 15) is 18.0 Å². The number of benzene rings is 2. The number of ketones is 1. The van der Waals surface area contributed by atoms with Crippen molar-refractivity contribution < 1.29 is 32.6 Å². The summed E-state index contributed by atoms with van der Waals surface area (Å²) >= 11 is 0. The van der Waals surface area contributed by atoms with Gasteiger partial charge in [0.1, 0.15) is 6.10 Å². The van der Waals surface area contributed by atoms with Gasteiger partial charge in [0.15, 0.2) is 21.4 Å². The first-order valence-corrected chi connectivity index (χ1v) is 16.2. The molecule has 0 aliphatic carbocycles. The monoisotopic (exact) mass is 602 g/mol. The Hall–Kier alpha value is -2.63. The third-order valence-electron chi connectivity index (χ3n) is 7.72. The van der Waals surface area contributed by atoms with Crippen LogP contribution in [0.15, 0.2) is 54.6 Å². The Kier molecular flexibility index (Phi) is 11.1. The fourth-order valence-electron chi connectivity index (χ4n) is 5.39. The Morgan fingerprint density at radius 3 is 2.38 bits per heavy atom. The van der Waals surface area contributed by atoms with Crippen LogP contribution in [0.5, 0.6) is 0 Å². The molecule has 232 valence electrons. The Labute approximate surface area is 250 Å². The first-order chi connectivity index (χ1) is 19.6. The number of ether oxygens (including phenoxy) is 2. The van der Waals surface area contributed by atoms with Gasteiger partial charge >= 0.3 is 0 Å². The van der Waals surface area contributed by atoms with E-state index in [1.165, 1.54) is 5.01 Å². The highest BCUT2D eigenvalue weighted by Crippen LogP contribution is 2.37. The van der Waals surface area contributed by atoms with Gasteiger partial charge in [-0.05, 0) is 50.2 Å². The number of rotatable bonds is 15. The van der Waals surface area contributed by atoms with E-state index < -0.39 is 33.1 Å². The molecule has 9 nitrogen and oxygen atoms in total. The molecule has 2 aromatic carbocycles. The lowest BCUT2D eigenvalue weighted by Crippen LogP contribution is -2.50. The molecule has 2 atom stereocenters. The minimum atomic E-state index is -3.39. The van der Waals surface area contributed by atoms with Crippen LogP contribution in [0, 0.1) is 5.41 Å². The molecule has 2 aromatic rings. The number of hydrazine groups is 1. The number of sulfone groups is 1. The Morgan fingerprint density at radius 2 is 1.76 bits per heavy atom. The number of Topliss-reactive ketones (excluding diaryl/α,β-unsaturated/α-hetero) is 1. The van der Waals surface area contributed by atoms with Gasteiger partial charge in [-0.15, -0.1) is 0 Å². The standard InChI is InChI=1S/C32H46N2O7S/c1-30(2,23-42(38,39)19-18-35)16-11-17-32(5,26-15-10-14-25(20-26)28-22-40-31(3,4)41-28)29(37)33-34(6)21-27(36)24-12-8-7-9-13-24/h7-10,12-15,20,28,35H,11,16-19,21-23H2,1-6H3,(H,33,37)/t28-,32+/m0/s1. The molecule has 1 amide bonds. The van der Waals surface area contributed by atoms with E-state index in [1.54, 1.807) is 31.3 Å². The molecule has 1 saturated heterocycles. The van der Waals surface area contributed by atoms with Crippen molar-refractivity contribution in [3.8, 4) is 0 Å². The molecule has 0 spiro atoms. The molecule has 3 rings (SSSR count). The van der Waals surface area contributed by atoms with Crippen molar-refractivity contribution in [2.45, 2.75) is 71.2 Å². The molecular weight excluding hydrogens is 556 g/mol. The van der Waals surface area contributed by atoms with E-state index in [2.05, 4.69) is 5.43 Å². The predicted octanol–water partition coefficient (Wildman–Crippen LogP) is 4.22. The van der Waals surface area contributed by atoms with Crippen LogP contribution < -0.4 is 5.43 Å². The fraction of sp³-hybridized carbons (Fsp3) is 0.562. The van der Waals surface area contributed by atoms with Gasteiger partial charge in [0.25, 0.3) is 0 Å². The number of carbonyl (C=O) groups is 2. The van der Waals surface area contributed by atoms with Crippen LogP contribution in [0.2, 0.25) is 0 Å².